The molecular weight excluding hydrogens is 238 g/mol. The first kappa shape index (κ1) is 13.6. The number of guanidine groups is 1. The van der Waals surface area contributed by atoms with Crippen LogP contribution < -0.4 is 5.32 Å². The topological polar surface area (TPSA) is 56.2 Å². The lowest BCUT2D eigenvalue weighted by atomic mass is 9.88. The first-order valence-electron chi connectivity index (χ1n) is 6.64. The fourth-order valence-electron chi connectivity index (χ4n) is 2.45. The first-order valence-corrected chi connectivity index (χ1v) is 6.64. The van der Waals surface area contributed by atoms with Crippen molar-refractivity contribution in [2.24, 2.45) is 0 Å². The molecule has 2 rings (SSSR count). The summed E-state index contributed by atoms with van der Waals surface area (Å²) in [5, 5.41) is 10.7. The number of carbonyl (C=O) groups excluding carboxylic acids is 1. The van der Waals surface area contributed by atoms with Crippen LogP contribution in [0.15, 0.2) is 24.3 Å². The Morgan fingerprint density at radius 2 is 1.84 bits per heavy atom. The lowest BCUT2D eigenvalue weighted by Gasteiger charge is -2.36. The fraction of sp³-hybridized carbons (Fsp3) is 0.467. The van der Waals surface area contributed by atoms with E-state index < -0.39 is 0 Å². The second-order valence-electron chi connectivity index (χ2n) is 5.48. The minimum atomic E-state index is -0.222. The molecule has 0 spiro atoms. The number of rotatable bonds is 2. The molecule has 0 bridgehead atoms. The van der Waals surface area contributed by atoms with Crippen LogP contribution in [0.2, 0.25) is 0 Å². The van der Waals surface area contributed by atoms with E-state index in [2.05, 4.69) is 31.3 Å². The highest BCUT2D eigenvalue weighted by molar-refractivity contribution is 6.01. The van der Waals surface area contributed by atoms with Crippen LogP contribution in [0, 0.1) is 5.41 Å². The summed E-state index contributed by atoms with van der Waals surface area (Å²) in [6.45, 7) is 6.25. The number of hydrogen-bond acceptors (Lipinski definition) is 2. The van der Waals surface area contributed by atoms with E-state index in [9.17, 15) is 4.79 Å². The van der Waals surface area contributed by atoms with E-state index in [0.717, 1.165) is 5.56 Å². The molecule has 1 aliphatic heterocycles. The van der Waals surface area contributed by atoms with Gasteiger partial charge in [0.2, 0.25) is 5.91 Å². The van der Waals surface area contributed by atoms with Crippen LogP contribution in [-0.2, 0) is 4.79 Å². The molecule has 0 saturated carbocycles. The van der Waals surface area contributed by atoms with E-state index in [4.69, 9.17) is 5.41 Å². The Hall–Kier alpha value is -1.84. The standard InChI is InChI=1S/C15H21N3O/c1-9(2)11-5-7-12(8-6-11)13-10(3)17-15(16)18(4)14(13)19/h5-10,13H,1-4H3,(H2,16,17)/t10-,13-/m0/s1. The maximum Gasteiger partial charge on any atom is 0.238 e. The minimum absolute atomic E-state index is 0.0199. The molecule has 19 heavy (non-hydrogen) atoms. The molecule has 1 amide bonds. The Morgan fingerprint density at radius 3 is 2.37 bits per heavy atom. The minimum Gasteiger partial charge on any atom is -0.352 e. The lowest BCUT2D eigenvalue weighted by Crippen LogP contribution is -2.56. The van der Waals surface area contributed by atoms with Crippen LogP contribution in [0.25, 0.3) is 0 Å². The number of amides is 1. The largest absolute Gasteiger partial charge is 0.352 e. The number of nitrogens with zero attached hydrogens (tertiary/aromatic N) is 1. The van der Waals surface area contributed by atoms with Crippen molar-refractivity contribution in [1.29, 1.82) is 5.41 Å². The van der Waals surface area contributed by atoms with Gasteiger partial charge in [0.15, 0.2) is 5.96 Å². The molecule has 4 nitrogen and oxygen atoms in total. The van der Waals surface area contributed by atoms with Crippen molar-refractivity contribution in [3.63, 3.8) is 0 Å². The van der Waals surface area contributed by atoms with E-state index in [1.54, 1.807) is 7.05 Å². The summed E-state index contributed by atoms with van der Waals surface area (Å²) in [6.07, 6.45) is 0. The summed E-state index contributed by atoms with van der Waals surface area (Å²) < 4.78 is 0. The zero-order chi connectivity index (χ0) is 14.2. The van der Waals surface area contributed by atoms with Gasteiger partial charge >= 0.3 is 0 Å². The Balaban J connectivity index is 2.29. The van der Waals surface area contributed by atoms with Crippen molar-refractivity contribution in [3.8, 4) is 0 Å². The molecule has 2 N–H and O–H groups in total. The van der Waals surface area contributed by atoms with Crippen molar-refractivity contribution in [2.45, 2.75) is 38.6 Å². The van der Waals surface area contributed by atoms with Crippen molar-refractivity contribution >= 4 is 11.9 Å². The molecule has 0 aliphatic carbocycles. The van der Waals surface area contributed by atoms with Gasteiger partial charge in [0.25, 0.3) is 0 Å². The molecular formula is C15H21N3O. The average Bonchev–Trinajstić information content (AvgIpc) is 2.37. The van der Waals surface area contributed by atoms with Gasteiger partial charge in [-0.2, -0.15) is 0 Å². The first-order chi connectivity index (χ1) is 8.91. The summed E-state index contributed by atoms with van der Waals surface area (Å²) in [7, 11) is 1.64. The third kappa shape index (κ3) is 2.48. The predicted molar refractivity (Wildman–Crippen MR) is 76.4 cm³/mol. The number of carbonyl (C=O) groups is 1. The van der Waals surface area contributed by atoms with Crippen LogP contribution in [-0.4, -0.2) is 29.9 Å². The molecule has 4 heteroatoms. The monoisotopic (exact) mass is 259 g/mol. The van der Waals surface area contributed by atoms with Crippen molar-refractivity contribution in [3.05, 3.63) is 35.4 Å². The van der Waals surface area contributed by atoms with Gasteiger partial charge in [0, 0.05) is 13.1 Å². The maximum absolute atomic E-state index is 12.3. The highest BCUT2D eigenvalue weighted by atomic mass is 16.2. The van der Waals surface area contributed by atoms with Crippen LogP contribution in [0.3, 0.4) is 0 Å². The van der Waals surface area contributed by atoms with Crippen LogP contribution in [0.4, 0.5) is 0 Å². The normalized spacial score (nSPS) is 23.7. The third-order valence-electron chi connectivity index (χ3n) is 3.76. The molecule has 0 radical (unpaired) electrons. The summed E-state index contributed by atoms with van der Waals surface area (Å²) in [6, 6.07) is 8.17. The number of nitrogens with one attached hydrogen (secondary N) is 2. The zero-order valence-electron chi connectivity index (χ0n) is 11.9. The molecule has 2 atom stereocenters. The predicted octanol–water partition coefficient (Wildman–Crippen LogP) is 2.28. The SMILES string of the molecule is CC(C)c1ccc([C@H]2C(=O)N(C)C(=N)N[C@H]2C)cc1. The fourth-order valence-corrected chi connectivity index (χ4v) is 2.45. The van der Waals surface area contributed by atoms with Gasteiger partial charge in [-0.3, -0.25) is 15.1 Å². The average molecular weight is 259 g/mol. The summed E-state index contributed by atoms with van der Waals surface area (Å²) >= 11 is 0. The Kier molecular flexibility index (Phi) is 3.60. The molecule has 102 valence electrons. The highest BCUT2D eigenvalue weighted by Gasteiger charge is 2.36. The van der Waals surface area contributed by atoms with Crippen LogP contribution >= 0.6 is 0 Å². The molecule has 1 fully saturated rings. The van der Waals surface area contributed by atoms with Crippen molar-refractivity contribution in [2.75, 3.05) is 7.05 Å². The molecule has 1 heterocycles. The van der Waals surface area contributed by atoms with Gasteiger partial charge in [-0.1, -0.05) is 38.1 Å². The van der Waals surface area contributed by atoms with Gasteiger partial charge < -0.3 is 5.32 Å². The summed E-state index contributed by atoms with van der Waals surface area (Å²) in [5.74, 6) is 0.420. The number of benzene rings is 1. The van der Waals surface area contributed by atoms with Crippen molar-refractivity contribution < 1.29 is 4.79 Å². The van der Waals surface area contributed by atoms with Gasteiger partial charge in [0.05, 0.1) is 5.92 Å². The van der Waals surface area contributed by atoms with Gasteiger partial charge in [-0.25, -0.2) is 0 Å². The quantitative estimate of drug-likeness (QED) is 0.856. The molecule has 1 aliphatic rings. The summed E-state index contributed by atoms with van der Waals surface area (Å²) in [4.78, 5) is 13.7. The summed E-state index contributed by atoms with van der Waals surface area (Å²) in [5.41, 5.74) is 2.28. The maximum atomic E-state index is 12.3. The van der Waals surface area contributed by atoms with Crippen molar-refractivity contribution in [1.82, 2.24) is 10.2 Å². The molecule has 1 saturated heterocycles. The Labute approximate surface area is 114 Å². The third-order valence-corrected chi connectivity index (χ3v) is 3.76. The second kappa shape index (κ2) is 5.03. The van der Waals surface area contributed by atoms with Crippen LogP contribution in [0.5, 0.6) is 0 Å². The number of likely N-dealkylation sites (N-methyl/N-ethyl adjacent to an activating group) is 1. The van der Waals surface area contributed by atoms with E-state index in [1.807, 2.05) is 19.1 Å². The van der Waals surface area contributed by atoms with E-state index in [1.165, 1.54) is 10.5 Å². The van der Waals surface area contributed by atoms with E-state index in [-0.39, 0.29) is 23.8 Å². The van der Waals surface area contributed by atoms with E-state index >= 15 is 0 Å². The Morgan fingerprint density at radius 1 is 1.26 bits per heavy atom. The molecule has 0 aromatic heterocycles. The van der Waals surface area contributed by atoms with E-state index in [0.29, 0.717) is 5.92 Å². The van der Waals surface area contributed by atoms with Crippen LogP contribution in [0.1, 0.15) is 43.7 Å². The van der Waals surface area contributed by atoms with Gasteiger partial charge in [0.1, 0.15) is 0 Å². The highest BCUT2D eigenvalue weighted by Crippen LogP contribution is 2.26. The van der Waals surface area contributed by atoms with Gasteiger partial charge in [-0.05, 0) is 24.0 Å². The second-order valence-corrected chi connectivity index (χ2v) is 5.48. The molecule has 0 unspecified atom stereocenters. The zero-order valence-corrected chi connectivity index (χ0v) is 11.9. The number of hydrogen-bond donors (Lipinski definition) is 2. The lowest BCUT2D eigenvalue weighted by molar-refractivity contribution is -0.129. The Bertz CT molecular complexity index is 493. The smallest absolute Gasteiger partial charge is 0.238 e. The molecule has 1 aromatic rings. The molecule has 1 aromatic carbocycles. The van der Waals surface area contributed by atoms with Gasteiger partial charge in [-0.15, -0.1) is 0 Å².